The lowest BCUT2D eigenvalue weighted by Gasteiger charge is -2.30. The van der Waals surface area contributed by atoms with Crippen molar-refractivity contribution in [2.24, 2.45) is 5.73 Å². The molecule has 19 heavy (non-hydrogen) atoms. The maximum atomic E-state index is 12.2. The summed E-state index contributed by atoms with van der Waals surface area (Å²) in [6.45, 7) is 3.99. The highest BCUT2D eigenvalue weighted by Crippen LogP contribution is 2.20. The smallest absolute Gasteiger partial charge is 0.255 e. The lowest BCUT2D eigenvalue weighted by Crippen LogP contribution is -2.48. The van der Waals surface area contributed by atoms with Gasteiger partial charge in [0.2, 0.25) is 0 Å². The lowest BCUT2D eigenvalue weighted by atomic mass is 9.91. The molecule has 1 heterocycles. The van der Waals surface area contributed by atoms with E-state index < -0.39 is 5.54 Å². The van der Waals surface area contributed by atoms with Gasteiger partial charge in [0.25, 0.3) is 5.91 Å². The van der Waals surface area contributed by atoms with Crippen molar-refractivity contribution in [3.8, 4) is 0 Å². The largest absolute Gasteiger partial charge is 0.469 e. The van der Waals surface area contributed by atoms with Gasteiger partial charge in [-0.15, -0.1) is 0 Å². The maximum Gasteiger partial charge on any atom is 0.255 e. The number of nitrogens with two attached hydrogens (primary N) is 1. The summed E-state index contributed by atoms with van der Waals surface area (Å²) >= 11 is 0. The zero-order valence-corrected chi connectivity index (χ0v) is 11.1. The molecule has 1 aromatic carbocycles. The first-order valence-electron chi connectivity index (χ1n) is 6.19. The van der Waals surface area contributed by atoms with Gasteiger partial charge in [-0.25, -0.2) is 0 Å². The van der Waals surface area contributed by atoms with E-state index in [1.165, 1.54) is 6.26 Å². The van der Waals surface area contributed by atoms with Crippen LogP contribution in [0.1, 0.15) is 28.6 Å². The fraction of sp³-hybridized carbons (Fsp3) is 0.267. The van der Waals surface area contributed by atoms with Crippen molar-refractivity contribution in [2.75, 3.05) is 6.54 Å². The van der Waals surface area contributed by atoms with Crippen LogP contribution in [-0.4, -0.2) is 12.5 Å². The Morgan fingerprint density at radius 2 is 2.00 bits per heavy atom. The zero-order chi connectivity index (χ0) is 13.9. The third kappa shape index (κ3) is 2.69. The van der Waals surface area contributed by atoms with Crippen molar-refractivity contribution in [3.63, 3.8) is 0 Å². The van der Waals surface area contributed by atoms with Crippen molar-refractivity contribution in [2.45, 2.75) is 19.4 Å². The second-order valence-corrected chi connectivity index (χ2v) is 4.75. The second-order valence-electron chi connectivity index (χ2n) is 4.75. The Balaban J connectivity index is 2.25. The topological polar surface area (TPSA) is 68.3 Å². The monoisotopic (exact) mass is 258 g/mol. The van der Waals surface area contributed by atoms with Crippen LogP contribution in [0.25, 0.3) is 0 Å². The first-order valence-corrected chi connectivity index (χ1v) is 6.19. The molecule has 0 aliphatic rings. The Hall–Kier alpha value is -2.07. The summed E-state index contributed by atoms with van der Waals surface area (Å²) in [4.78, 5) is 12.2. The van der Waals surface area contributed by atoms with Crippen molar-refractivity contribution in [1.29, 1.82) is 0 Å². The van der Waals surface area contributed by atoms with Crippen LogP contribution < -0.4 is 11.1 Å². The number of aryl methyl sites for hydroxylation is 1. The van der Waals surface area contributed by atoms with E-state index in [0.29, 0.717) is 17.9 Å². The number of amides is 1. The van der Waals surface area contributed by atoms with Gasteiger partial charge in [-0.3, -0.25) is 4.79 Å². The van der Waals surface area contributed by atoms with Crippen LogP contribution in [-0.2, 0) is 5.54 Å². The minimum atomic E-state index is -0.595. The molecule has 100 valence electrons. The van der Waals surface area contributed by atoms with E-state index in [1.807, 2.05) is 37.3 Å². The van der Waals surface area contributed by atoms with Crippen LogP contribution in [0, 0.1) is 6.92 Å². The molecule has 0 saturated heterocycles. The quantitative estimate of drug-likeness (QED) is 0.883. The van der Waals surface area contributed by atoms with E-state index in [-0.39, 0.29) is 5.91 Å². The molecule has 2 rings (SSSR count). The highest BCUT2D eigenvalue weighted by molar-refractivity contribution is 5.95. The van der Waals surface area contributed by atoms with Gasteiger partial charge < -0.3 is 15.5 Å². The van der Waals surface area contributed by atoms with E-state index in [4.69, 9.17) is 10.2 Å². The van der Waals surface area contributed by atoms with E-state index in [1.54, 1.807) is 13.0 Å². The maximum absolute atomic E-state index is 12.2. The number of hydrogen-bond acceptors (Lipinski definition) is 3. The number of benzene rings is 1. The Labute approximate surface area is 112 Å². The Morgan fingerprint density at radius 1 is 1.32 bits per heavy atom. The normalized spacial score (nSPS) is 13.8. The van der Waals surface area contributed by atoms with E-state index >= 15 is 0 Å². The zero-order valence-electron chi connectivity index (χ0n) is 11.1. The summed E-state index contributed by atoms with van der Waals surface area (Å²) in [6.07, 6.45) is 1.51. The van der Waals surface area contributed by atoms with Crippen LogP contribution in [0.2, 0.25) is 0 Å². The molecule has 0 aliphatic heterocycles. The summed E-state index contributed by atoms with van der Waals surface area (Å²) in [5.41, 5.74) is 6.76. The number of rotatable bonds is 4. The Morgan fingerprint density at radius 3 is 2.53 bits per heavy atom. The summed E-state index contributed by atoms with van der Waals surface area (Å²) in [5.74, 6) is 0.424. The fourth-order valence-corrected chi connectivity index (χ4v) is 1.99. The molecule has 0 aliphatic carbocycles. The number of carbonyl (C=O) groups is 1. The minimum absolute atomic E-state index is 0.178. The molecule has 4 nitrogen and oxygen atoms in total. The molecule has 4 heteroatoms. The summed E-state index contributed by atoms with van der Waals surface area (Å²) in [7, 11) is 0. The Kier molecular flexibility index (Phi) is 3.71. The first kappa shape index (κ1) is 13.4. The van der Waals surface area contributed by atoms with E-state index in [9.17, 15) is 4.79 Å². The summed E-state index contributed by atoms with van der Waals surface area (Å²) < 4.78 is 5.15. The predicted molar refractivity (Wildman–Crippen MR) is 73.8 cm³/mol. The molecule has 0 fully saturated rings. The van der Waals surface area contributed by atoms with Crippen molar-refractivity contribution in [3.05, 3.63) is 59.5 Å². The number of furan rings is 1. The molecule has 0 radical (unpaired) electrons. The number of carbonyl (C=O) groups excluding carboxylic acids is 1. The standard InChI is InChI=1S/C15H18N2O2/c1-11-13(8-9-19-11)14(18)17-15(2,10-16)12-6-4-3-5-7-12/h3-9H,10,16H2,1-2H3,(H,17,18). The predicted octanol–water partition coefficient (Wildman–Crippen LogP) is 2.19. The highest BCUT2D eigenvalue weighted by Gasteiger charge is 2.28. The molecule has 0 saturated carbocycles. The van der Waals surface area contributed by atoms with Crippen molar-refractivity contribution < 1.29 is 9.21 Å². The van der Waals surface area contributed by atoms with Crippen LogP contribution in [0.4, 0.5) is 0 Å². The van der Waals surface area contributed by atoms with Crippen molar-refractivity contribution in [1.82, 2.24) is 5.32 Å². The van der Waals surface area contributed by atoms with Gasteiger partial charge in [-0.05, 0) is 25.5 Å². The molecule has 3 N–H and O–H groups in total. The van der Waals surface area contributed by atoms with Crippen LogP contribution in [0.3, 0.4) is 0 Å². The first-order chi connectivity index (χ1) is 9.07. The molecule has 1 unspecified atom stereocenters. The van der Waals surface area contributed by atoms with Gasteiger partial charge in [-0.2, -0.15) is 0 Å². The third-order valence-corrected chi connectivity index (χ3v) is 3.31. The van der Waals surface area contributed by atoms with Crippen LogP contribution in [0.15, 0.2) is 47.1 Å². The van der Waals surface area contributed by atoms with Crippen LogP contribution >= 0.6 is 0 Å². The summed E-state index contributed by atoms with van der Waals surface area (Å²) in [6, 6.07) is 11.4. The SMILES string of the molecule is Cc1occc1C(=O)NC(C)(CN)c1ccccc1. The van der Waals surface area contributed by atoms with Gasteiger partial charge >= 0.3 is 0 Å². The van der Waals surface area contributed by atoms with Crippen molar-refractivity contribution >= 4 is 5.91 Å². The molecule has 1 amide bonds. The number of hydrogen-bond donors (Lipinski definition) is 2. The molecule has 0 spiro atoms. The number of nitrogens with one attached hydrogen (secondary N) is 1. The van der Waals surface area contributed by atoms with Gasteiger partial charge in [0, 0.05) is 6.54 Å². The molecule has 0 bridgehead atoms. The second kappa shape index (κ2) is 5.28. The Bertz CT molecular complexity index is 563. The molecule has 1 aromatic heterocycles. The molecule has 1 atom stereocenters. The summed E-state index contributed by atoms with van der Waals surface area (Å²) in [5, 5.41) is 2.98. The fourth-order valence-electron chi connectivity index (χ4n) is 1.99. The van der Waals surface area contributed by atoms with Gasteiger partial charge in [0.1, 0.15) is 5.76 Å². The van der Waals surface area contributed by atoms with Crippen LogP contribution in [0.5, 0.6) is 0 Å². The average molecular weight is 258 g/mol. The van der Waals surface area contributed by atoms with Gasteiger partial charge in [0.05, 0.1) is 17.4 Å². The third-order valence-electron chi connectivity index (χ3n) is 3.31. The highest BCUT2D eigenvalue weighted by atomic mass is 16.3. The molecular weight excluding hydrogens is 240 g/mol. The van der Waals surface area contributed by atoms with E-state index in [2.05, 4.69) is 5.32 Å². The molecular formula is C15H18N2O2. The minimum Gasteiger partial charge on any atom is -0.469 e. The van der Waals surface area contributed by atoms with Gasteiger partial charge in [-0.1, -0.05) is 30.3 Å². The molecule has 2 aromatic rings. The van der Waals surface area contributed by atoms with Gasteiger partial charge in [0.15, 0.2) is 0 Å². The lowest BCUT2D eigenvalue weighted by molar-refractivity contribution is 0.0906. The average Bonchev–Trinajstić information content (AvgIpc) is 2.86. The van der Waals surface area contributed by atoms with E-state index in [0.717, 1.165) is 5.56 Å².